The molecule has 2 heterocycles. The van der Waals surface area contributed by atoms with Gasteiger partial charge in [-0.1, -0.05) is 0 Å². The van der Waals surface area contributed by atoms with Gasteiger partial charge in [-0.15, -0.1) is 0 Å². The Bertz CT molecular complexity index is 760. The summed E-state index contributed by atoms with van der Waals surface area (Å²) >= 11 is 0. The predicted octanol–water partition coefficient (Wildman–Crippen LogP) is 2.42. The smallest absolute Gasteiger partial charge is 0.317 e. The van der Waals surface area contributed by atoms with Crippen LogP contribution >= 0.6 is 0 Å². The number of hydrogen-bond donors (Lipinski definition) is 1. The molecule has 0 atom stereocenters. The molecule has 6 rings (SSSR count). The minimum atomic E-state index is -0.0640. The van der Waals surface area contributed by atoms with Crippen LogP contribution in [0.5, 0.6) is 0 Å². The molecule has 0 unspecified atom stereocenters. The Morgan fingerprint density at radius 2 is 1.63 bits per heavy atom. The number of urea groups is 1. The van der Waals surface area contributed by atoms with E-state index in [9.17, 15) is 9.59 Å². The zero-order valence-electron chi connectivity index (χ0n) is 18.2. The number of nitrogens with zero attached hydrogens (tertiary/aromatic N) is 4. The highest BCUT2D eigenvalue weighted by molar-refractivity contribution is 5.84. The van der Waals surface area contributed by atoms with Crippen LogP contribution in [0.25, 0.3) is 0 Å². The Balaban J connectivity index is 1.07. The van der Waals surface area contributed by atoms with E-state index < -0.39 is 0 Å². The lowest BCUT2D eigenvalue weighted by Gasteiger charge is -2.57. The topological polar surface area (TPSA) is 70.5 Å². The van der Waals surface area contributed by atoms with Crippen molar-refractivity contribution in [1.29, 1.82) is 0 Å². The summed E-state index contributed by atoms with van der Waals surface area (Å²) in [6, 6.07) is 0.00286. The van der Waals surface area contributed by atoms with E-state index in [0.29, 0.717) is 38.6 Å². The summed E-state index contributed by atoms with van der Waals surface area (Å²) in [7, 11) is 1.92. The quantitative estimate of drug-likeness (QED) is 0.754. The number of piperazine rings is 1. The second-order valence-electron chi connectivity index (χ2n) is 10.3. The highest BCUT2D eigenvalue weighted by atomic mass is 16.2. The maximum atomic E-state index is 13.5. The van der Waals surface area contributed by atoms with Crippen molar-refractivity contribution in [3.8, 4) is 0 Å². The number of nitrogens with one attached hydrogen (secondary N) is 1. The van der Waals surface area contributed by atoms with E-state index >= 15 is 0 Å². The second kappa shape index (κ2) is 7.89. The number of rotatable bonds is 5. The van der Waals surface area contributed by atoms with Crippen LogP contribution < -0.4 is 5.32 Å². The van der Waals surface area contributed by atoms with Gasteiger partial charge in [0.1, 0.15) is 0 Å². The Morgan fingerprint density at radius 3 is 2.20 bits per heavy atom. The van der Waals surface area contributed by atoms with Gasteiger partial charge in [-0.25, -0.2) is 4.79 Å². The largest absolute Gasteiger partial charge is 0.339 e. The zero-order valence-corrected chi connectivity index (χ0v) is 18.2. The van der Waals surface area contributed by atoms with Crippen LogP contribution in [-0.4, -0.2) is 64.2 Å². The Morgan fingerprint density at radius 1 is 1.03 bits per heavy atom. The van der Waals surface area contributed by atoms with E-state index in [4.69, 9.17) is 0 Å². The Kier molecular flexibility index (Phi) is 5.23. The molecule has 7 heteroatoms. The van der Waals surface area contributed by atoms with Gasteiger partial charge in [-0.2, -0.15) is 5.10 Å². The molecule has 3 amide bonds. The summed E-state index contributed by atoms with van der Waals surface area (Å²) in [5.41, 5.74) is 1.13. The Hall–Kier alpha value is -2.05. The maximum absolute atomic E-state index is 13.5. The number of aryl methyl sites for hydroxylation is 2. The number of carbonyl (C=O) groups excluding carboxylic acids is 2. The summed E-state index contributed by atoms with van der Waals surface area (Å²) in [4.78, 5) is 29.9. The minimum absolute atomic E-state index is 0.00286. The molecule has 4 saturated carbocycles. The van der Waals surface area contributed by atoms with Crippen molar-refractivity contribution in [1.82, 2.24) is 24.9 Å². The number of hydrogen-bond acceptors (Lipinski definition) is 3. The maximum Gasteiger partial charge on any atom is 0.317 e. The van der Waals surface area contributed by atoms with Crippen molar-refractivity contribution in [2.75, 3.05) is 32.7 Å². The van der Waals surface area contributed by atoms with Gasteiger partial charge < -0.3 is 15.1 Å². The SMILES string of the molecule is Cn1cc(CCCNC(=O)N2CCN(C(=O)C34CC5CC(CC(C5)C3)C4)CC2)cn1. The molecule has 4 bridgehead atoms. The van der Waals surface area contributed by atoms with Crippen LogP contribution in [0, 0.1) is 23.2 Å². The lowest BCUT2D eigenvalue weighted by molar-refractivity contribution is -0.159. The van der Waals surface area contributed by atoms with E-state index in [1.54, 1.807) is 4.68 Å². The second-order valence-corrected chi connectivity index (χ2v) is 10.3. The molecule has 7 nitrogen and oxygen atoms in total. The molecule has 0 spiro atoms. The van der Waals surface area contributed by atoms with Crippen molar-refractivity contribution in [3.63, 3.8) is 0 Å². The van der Waals surface area contributed by atoms with E-state index in [-0.39, 0.29) is 11.4 Å². The van der Waals surface area contributed by atoms with E-state index in [0.717, 1.165) is 49.9 Å². The third kappa shape index (κ3) is 3.83. The summed E-state index contributed by atoms with van der Waals surface area (Å²) in [6.07, 6.45) is 13.2. The van der Waals surface area contributed by atoms with Crippen molar-refractivity contribution in [3.05, 3.63) is 18.0 Å². The summed E-state index contributed by atoms with van der Waals surface area (Å²) in [5.74, 6) is 2.77. The van der Waals surface area contributed by atoms with Gasteiger partial charge in [0.15, 0.2) is 0 Å². The van der Waals surface area contributed by atoms with Gasteiger partial charge in [0.2, 0.25) is 5.91 Å². The highest BCUT2D eigenvalue weighted by Gasteiger charge is 2.55. The standard InChI is InChI=1S/C23H35N5O2/c1-26-16-17(15-25-26)3-2-4-24-22(30)28-7-5-27(6-8-28)21(29)23-12-18-9-19(13-23)11-20(10-18)14-23/h15-16,18-20H,2-14H2,1H3,(H,24,30). The van der Waals surface area contributed by atoms with Crippen LogP contribution in [0.2, 0.25) is 0 Å². The normalized spacial score (nSPS) is 32.5. The van der Waals surface area contributed by atoms with Gasteiger partial charge in [-0.3, -0.25) is 9.48 Å². The molecule has 5 fully saturated rings. The first-order valence-corrected chi connectivity index (χ1v) is 11.8. The van der Waals surface area contributed by atoms with Crippen molar-refractivity contribution < 1.29 is 9.59 Å². The molecular weight excluding hydrogens is 378 g/mol. The molecule has 1 aliphatic heterocycles. The van der Waals surface area contributed by atoms with Crippen LogP contribution in [0.1, 0.15) is 50.5 Å². The molecule has 0 radical (unpaired) electrons. The van der Waals surface area contributed by atoms with Crippen molar-refractivity contribution in [2.24, 2.45) is 30.2 Å². The summed E-state index contributed by atoms with van der Waals surface area (Å²) < 4.78 is 1.80. The van der Waals surface area contributed by atoms with Gasteiger partial charge >= 0.3 is 6.03 Å². The lowest BCUT2D eigenvalue weighted by Crippen LogP contribution is -2.59. The third-order valence-corrected chi connectivity index (χ3v) is 8.02. The molecule has 1 saturated heterocycles. The van der Waals surface area contributed by atoms with Crippen LogP contribution in [0.4, 0.5) is 4.79 Å². The number of aromatic nitrogens is 2. The van der Waals surface area contributed by atoms with Crippen LogP contribution in [0.15, 0.2) is 12.4 Å². The van der Waals surface area contributed by atoms with Gasteiger partial charge in [-0.05, 0) is 74.7 Å². The van der Waals surface area contributed by atoms with Gasteiger partial charge in [0.05, 0.1) is 11.6 Å². The average Bonchev–Trinajstić information content (AvgIpc) is 3.15. The molecule has 1 aromatic rings. The zero-order chi connectivity index (χ0) is 20.7. The fourth-order valence-electron chi connectivity index (χ4n) is 7.02. The fourth-order valence-corrected chi connectivity index (χ4v) is 7.02. The number of carbonyl (C=O) groups is 2. The minimum Gasteiger partial charge on any atom is -0.339 e. The first-order chi connectivity index (χ1) is 14.5. The van der Waals surface area contributed by atoms with Gasteiger partial charge in [0.25, 0.3) is 0 Å². The van der Waals surface area contributed by atoms with Crippen LogP contribution in [-0.2, 0) is 18.3 Å². The molecule has 164 valence electrons. The third-order valence-electron chi connectivity index (χ3n) is 8.02. The van der Waals surface area contributed by atoms with E-state index in [1.165, 1.54) is 24.8 Å². The van der Waals surface area contributed by atoms with Gasteiger partial charge in [0, 0.05) is 46.0 Å². The van der Waals surface area contributed by atoms with E-state index in [1.807, 2.05) is 24.3 Å². The first kappa shape index (κ1) is 19.9. The van der Waals surface area contributed by atoms with E-state index in [2.05, 4.69) is 15.3 Å². The molecule has 1 aromatic heterocycles. The fraction of sp³-hybridized carbons (Fsp3) is 0.783. The van der Waals surface area contributed by atoms with Crippen molar-refractivity contribution >= 4 is 11.9 Å². The highest BCUT2D eigenvalue weighted by Crippen LogP contribution is 2.60. The molecular formula is C23H35N5O2. The lowest BCUT2D eigenvalue weighted by atomic mass is 9.49. The molecule has 0 aromatic carbocycles. The summed E-state index contributed by atoms with van der Waals surface area (Å²) in [5, 5.41) is 7.21. The van der Waals surface area contributed by atoms with Crippen molar-refractivity contribution in [2.45, 2.75) is 51.4 Å². The molecule has 1 N–H and O–H groups in total. The monoisotopic (exact) mass is 413 g/mol. The number of amides is 3. The molecule has 30 heavy (non-hydrogen) atoms. The average molecular weight is 414 g/mol. The molecule has 4 aliphatic carbocycles. The summed E-state index contributed by atoms with van der Waals surface area (Å²) in [6.45, 7) is 3.33. The Labute approximate surface area is 179 Å². The first-order valence-electron chi connectivity index (χ1n) is 11.8. The van der Waals surface area contributed by atoms with Crippen LogP contribution in [0.3, 0.4) is 0 Å². The molecule has 5 aliphatic rings. The predicted molar refractivity (Wildman–Crippen MR) is 114 cm³/mol.